The van der Waals surface area contributed by atoms with Crippen LogP contribution < -0.4 is 0 Å². The van der Waals surface area contributed by atoms with Gasteiger partial charge in [0.25, 0.3) is 0 Å². The lowest BCUT2D eigenvalue weighted by atomic mass is 10.2. The third-order valence-electron chi connectivity index (χ3n) is 5.40. The fraction of sp³-hybridized carbons (Fsp3) is 0.944. The smallest absolute Gasteiger partial charge is 0.308 e. The van der Waals surface area contributed by atoms with Crippen molar-refractivity contribution in [3.63, 3.8) is 0 Å². The van der Waals surface area contributed by atoms with Gasteiger partial charge in [-0.05, 0) is 43.2 Å². The molecule has 0 aliphatic carbocycles. The molecule has 1 unspecified atom stereocenters. The Morgan fingerprint density at radius 3 is 1.75 bits per heavy atom. The van der Waals surface area contributed by atoms with E-state index in [-0.39, 0.29) is 28.6 Å². The fourth-order valence-electron chi connectivity index (χ4n) is 1.65. The number of carbonyl (C=O) groups excluding carboxylic acids is 1. The van der Waals surface area contributed by atoms with E-state index in [1.165, 1.54) is 0 Å². The predicted molar refractivity (Wildman–Crippen MR) is 106 cm³/mol. The summed E-state index contributed by atoms with van der Waals surface area (Å²) in [5.41, 5.74) is 0. The average molecular weight is 377 g/mol. The van der Waals surface area contributed by atoms with Gasteiger partial charge >= 0.3 is 5.97 Å². The van der Waals surface area contributed by atoms with Crippen LogP contribution in [0.15, 0.2) is 0 Å². The summed E-state index contributed by atoms with van der Waals surface area (Å²) in [5, 5.41) is 0.231. The minimum atomic E-state index is -1.97. The van der Waals surface area contributed by atoms with E-state index in [9.17, 15) is 4.79 Å². The maximum absolute atomic E-state index is 12.0. The van der Waals surface area contributed by atoms with Crippen molar-refractivity contribution in [1.82, 2.24) is 0 Å². The largest absolute Gasteiger partial charge is 0.466 e. The second kappa shape index (κ2) is 8.47. The molecule has 0 aliphatic rings. The third-order valence-corrected chi connectivity index (χ3v) is 14.4. The molecule has 144 valence electrons. The van der Waals surface area contributed by atoms with Crippen LogP contribution in [0, 0.1) is 0 Å². The van der Waals surface area contributed by atoms with Crippen molar-refractivity contribution in [2.75, 3.05) is 13.2 Å². The second-order valence-electron chi connectivity index (χ2n) is 9.58. The zero-order valence-electron chi connectivity index (χ0n) is 17.8. The van der Waals surface area contributed by atoms with E-state index in [2.05, 4.69) is 67.7 Å². The highest BCUT2D eigenvalue weighted by Crippen LogP contribution is 2.39. The van der Waals surface area contributed by atoms with Crippen LogP contribution in [0.25, 0.3) is 0 Å². The molecule has 0 rings (SSSR count). The molecular weight excluding hydrogens is 336 g/mol. The first-order valence-corrected chi connectivity index (χ1v) is 14.8. The van der Waals surface area contributed by atoms with Gasteiger partial charge in [-0.15, -0.1) is 0 Å². The molecule has 1 atom stereocenters. The van der Waals surface area contributed by atoms with Gasteiger partial charge in [0.15, 0.2) is 16.6 Å². The Bertz CT molecular complexity index is 406. The van der Waals surface area contributed by atoms with Gasteiger partial charge < -0.3 is 13.6 Å². The lowest BCUT2D eigenvalue weighted by molar-refractivity contribution is -0.145. The monoisotopic (exact) mass is 376 g/mol. The molecule has 0 bridgehead atoms. The number of hydrogen-bond donors (Lipinski definition) is 0. The SMILES string of the molecule is CCOC(=O)CC(CO[Si](C)(C)C(C)(C)C)O[Si](C)(C)C(C)(C)C. The van der Waals surface area contributed by atoms with Gasteiger partial charge in [-0.25, -0.2) is 0 Å². The summed E-state index contributed by atoms with van der Waals surface area (Å²) in [6, 6.07) is 0. The summed E-state index contributed by atoms with van der Waals surface area (Å²) in [4.78, 5) is 12.0. The Balaban J connectivity index is 5.11. The van der Waals surface area contributed by atoms with Crippen LogP contribution in [-0.2, 0) is 18.4 Å². The highest BCUT2D eigenvalue weighted by atomic mass is 28.4. The first kappa shape index (κ1) is 23.8. The zero-order valence-corrected chi connectivity index (χ0v) is 19.8. The van der Waals surface area contributed by atoms with Crippen molar-refractivity contribution in [2.24, 2.45) is 0 Å². The van der Waals surface area contributed by atoms with Crippen LogP contribution in [0.5, 0.6) is 0 Å². The molecule has 24 heavy (non-hydrogen) atoms. The number of carbonyl (C=O) groups is 1. The maximum Gasteiger partial charge on any atom is 0.308 e. The van der Waals surface area contributed by atoms with Crippen LogP contribution in [-0.4, -0.2) is 41.9 Å². The highest BCUT2D eigenvalue weighted by Gasteiger charge is 2.41. The molecule has 0 N–H and O–H groups in total. The van der Waals surface area contributed by atoms with E-state index in [0.717, 1.165) is 0 Å². The predicted octanol–water partition coefficient (Wildman–Crippen LogP) is 5.35. The minimum Gasteiger partial charge on any atom is -0.466 e. The summed E-state index contributed by atoms with van der Waals surface area (Å²) in [6.07, 6.45) is 0.0219. The molecule has 0 aromatic carbocycles. The van der Waals surface area contributed by atoms with Gasteiger partial charge in [0.2, 0.25) is 0 Å². The molecule has 4 nitrogen and oxygen atoms in total. The molecule has 0 fully saturated rings. The van der Waals surface area contributed by atoms with Gasteiger partial charge in [-0.3, -0.25) is 4.79 Å². The lowest BCUT2D eigenvalue weighted by Crippen LogP contribution is -2.48. The molecule has 0 spiro atoms. The van der Waals surface area contributed by atoms with E-state index in [1.807, 2.05) is 6.92 Å². The molecule has 0 radical (unpaired) electrons. The molecule has 0 saturated heterocycles. The highest BCUT2D eigenvalue weighted by molar-refractivity contribution is 6.74. The molecular formula is C18H40O4Si2. The van der Waals surface area contributed by atoms with E-state index in [0.29, 0.717) is 13.2 Å². The molecule has 0 saturated carbocycles. The summed E-state index contributed by atoms with van der Waals surface area (Å²) in [5.74, 6) is -0.208. The van der Waals surface area contributed by atoms with Gasteiger partial charge in [-0.1, -0.05) is 41.5 Å². The lowest BCUT2D eigenvalue weighted by Gasteiger charge is -2.41. The molecule has 0 heterocycles. The topological polar surface area (TPSA) is 44.8 Å². The maximum atomic E-state index is 12.0. The average Bonchev–Trinajstić information content (AvgIpc) is 2.33. The van der Waals surface area contributed by atoms with E-state index < -0.39 is 16.6 Å². The standard InChI is InChI=1S/C18H40O4Si2/c1-12-20-16(19)13-15(22-24(10,11)18(5,6)7)14-21-23(8,9)17(2,3)4/h15H,12-14H2,1-11H3. The number of esters is 1. The first-order chi connectivity index (χ1) is 10.5. The van der Waals surface area contributed by atoms with Crippen molar-refractivity contribution in [3.8, 4) is 0 Å². The van der Waals surface area contributed by atoms with Crippen molar-refractivity contribution >= 4 is 22.6 Å². The number of rotatable bonds is 8. The van der Waals surface area contributed by atoms with Crippen molar-refractivity contribution in [3.05, 3.63) is 0 Å². The van der Waals surface area contributed by atoms with E-state index in [4.69, 9.17) is 13.6 Å². The Labute approximate surface area is 151 Å². The van der Waals surface area contributed by atoms with Crippen molar-refractivity contribution in [2.45, 2.75) is 97.3 Å². The Morgan fingerprint density at radius 2 is 1.38 bits per heavy atom. The second-order valence-corrected chi connectivity index (χ2v) is 19.1. The van der Waals surface area contributed by atoms with E-state index >= 15 is 0 Å². The van der Waals surface area contributed by atoms with Crippen LogP contribution in [0.1, 0.15) is 54.9 Å². The Morgan fingerprint density at radius 1 is 0.917 bits per heavy atom. The van der Waals surface area contributed by atoms with Crippen LogP contribution >= 0.6 is 0 Å². The van der Waals surface area contributed by atoms with Crippen molar-refractivity contribution < 1.29 is 18.4 Å². The van der Waals surface area contributed by atoms with Crippen molar-refractivity contribution in [1.29, 1.82) is 0 Å². The zero-order chi connectivity index (χ0) is 19.4. The number of ether oxygens (including phenoxy) is 1. The Hall–Kier alpha value is -0.176. The quantitative estimate of drug-likeness (QED) is 0.423. The first-order valence-electron chi connectivity index (χ1n) is 9.01. The Kier molecular flexibility index (Phi) is 8.41. The normalized spacial score (nSPS) is 15.3. The number of hydrogen-bond acceptors (Lipinski definition) is 4. The van der Waals surface area contributed by atoms with Crippen LogP contribution in [0.2, 0.25) is 36.3 Å². The molecule has 6 heteroatoms. The van der Waals surface area contributed by atoms with Gasteiger partial charge in [0.05, 0.1) is 25.7 Å². The van der Waals surface area contributed by atoms with E-state index in [1.54, 1.807) is 0 Å². The minimum absolute atomic E-state index is 0.0941. The van der Waals surface area contributed by atoms with Crippen LogP contribution in [0.4, 0.5) is 0 Å². The fourth-order valence-corrected chi connectivity index (χ4v) is 4.03. The van der Waals surface area contributed by atoms with Gasteiger partial charge in [-0.2, -0.15) is 0 Å². The molecule has 0 aromatic heterocycles. The molecule has 0 aromatic rings. The van der Waals surface area contributed by atoms with Gasteiger partial charge in [0.1, 0.15) is 0 Å². The summed E-state index contributed by atoms with van der Waals surface area (Å²) in [6.45, 7) is 24.8. The summed E-state index contributed by atoms with van der Waals surface area (Å²) in [7, 11) is -3.85. The van der Waals surface area contributed by atoms with Gasteiger partial charge in [0, 0.05) is 0 Å². The van der Waals surface area contributed by atoms with Crippen LogP contribution in [0.3, 0.4) is 0 Å². The summed E-state index contributed by atoms with van der Waals surface area (Å²) >= 11 is 0. The third kappa shape index (κ3) is 7.37. The molecule has 0 aliphatic heterocycles. The summed E-state index contributed by atoms with van der Waals surface area (Å²) < 4.78 is 17.9. The molecule has 0 amide bonds.